The largest absolute Gasteiger partial charge is 0.508 e. The van der Waals surface area contributed by atoms with E-state index in [0.717, 1.165) is 6.42 Å². The van der Waals surface area contributed by atoms with Gasteiger partial charge < -0.3 is 30.1 Å². The second-order valence-electron chi connectivity index (χ2n) is 10.5. The number of carbonyl (C=O) groups is 4. The molecule has 36 heavy (non-hydrogen) atoms. The summed E-state index contributed by atoms with van der Waals surface area (Å²) < 4.78 is 10.0. The Kier molecular flexibility index (Phi) is 10.1. The van der Waals surface area contributed by atoms with Crippen LogP contribution in [-0.2, 0) is 23.9 Å². The maximum atomic E-state index is 14.0. The number of nitrogens with one attached hydrogen (secondary N) is 2. The molecule has 0 saturated heterocycles. The number of benzene rings is 1. The average Bonchev–Trinajstić information content (AvgIpc) is 2.73. The number of phenolic OH excluding ortho intramolecular Hbond substituents is 1. The number of hydrogen-bond acceptors (Lipinski definition) is 7. The molecule has 1 aliphatic carbocycles. The highest BCUT2D eigenvalue weighted by molar-refractivity contribution is 5.93. The number of phenols is 1. The Bertz CT molecular complexity index is 938. The molecule has 200 valence electrons. The van der Waals surface area contributed by atoms with Crippen LogP contribution in [0.15, 0.2) is 24.3 Å². The molecule has 10 heteroatoms. The molecule has 1 fully saturated rings. The molecule has 1 aromatic rings. The van der Waals surface area contributed by atoms with Gasteiger partial charge in [-0.25, -0.2) is 4.79 Å². The van der Waals surface area contributed by atoms with Crippen LogP contribution in [0.3, 0.4) is 0 Å². The van der Waals surface area contributed by atoms with E-state index in [2.05, 4.69) is 15.4 Å². The number of esters is 1. The fraction of sp³-hybridized carbons (Fsp3) is 0.615. The van der Waals surface area contributed by atoms with Crippen LogP contribution in [0.5, 0.6) is 5.75 Å². The van der Waals surface area contributed by atoms with Crippen molar-refractivity contribution in [3.05, 3.63) is 29.8 Å². The highest BCUT2D eigenvalue weighted by atomic mass is 16.6. The van der Waals surface area contributed by atoms with E-state index in [0.29, 0.717) is 24.8 Å². The summed E-state index contributed by atoms with van der Waals surface area (Å²) in [6, 6.07) is 3.79. The lowest BCUT2D eigenvalue weighted by Crippen LogP contribution is -2.58. The van der Waals surface area contributed by atoms with Gasteiger partial charge in [0.1, 0.15) is 30.0 Å². The summed E-state index contributed by atoms with van der Waals surface area (Å²) in [5, 5.41) is 15.3. The highest BCUT2D eigenvalue weighted by Gasteiger charge is 2.42. The first-order chi connectivity index (χ1) is 16.8. The summed E-state index contributed by atoms with van der Waals surface area (Å²) in [6.07, 6.45) is 1.87. The zero-order chi connectivity index (χ0) is 27.0. The van der Waals surface area contributed by atoms with Crippen molar-refractivity contribution in [2.75, 3.05) is 13.7 Å². The molecule has 2 rings (SSSR count). The van der Waals surface area contributed by atoms with Gasteiger partial charge in [0, 0.05) is 6.04 Å². The van der Waals surface area contributed by atoms with Crippen molar-refractivity contribution in [2.24, 2.45) is 5.92 Å². The number of aromatic hydroxyl groups is 1. The van der Waals surface area contributed by atoms with Crippen molar-refractivity contribution in [3.63, 3.8) is 0 Å². The summed E-state index contributed by atoms with van der Waals surface area (Å²) in [7, 11) is 1.21. The first-order valence-electron chi connectivity index (χ1n) is 12.3. The minimum atomic E-state index is -1.13. The molecule has 3 amide bonds. The van der Waals surface area contributed by atoms with Gasteiger partial charge in [-0.05, 0) is 70.1 Å². The van der Waals surface area contributed by atoms with Gasteiger partial charge in [-0.3, -0.25) is 14.4 Å². The topological polar surface area (TPSA) is 134 Å². The SMILES string of the molecule is COC(=O)CNC(=O)C(c1cccc(O)c1)N(C(=O)C(CC(C)C)NC(=O)OC(C)(C)C)C1CCC1. The van der Waals surface area contributed by atoms with Crippen molar-refractivity contribution < 1.29 is 33.8 Å². The first kappa shape index (κ1) is 28.9. The maximum Gasteiger partial charge on any atom is 0.408 e. The molecular formula is C26H39N3O7. The van der Waals surface area contributed by atoms with Gasteiger partial charge in [-0.2, -0.15) is 0 Å². The second-order valence-corrected chi connectivity index (χ2v) is 10.5. The molecule has 1 aliphatic rings. The molecule has 0 radical (unpaired) electrons. The lowest BCUT2D eigenvalue weighted by molar-refractivity contribution is -0.148. The van der Waals surface area contributed by atoms with Gasteiger partial charge in [0.25, 0.3) is 0 Å². The zero-order valence-corrected chi connectivity index (χ0v) is 22.0. The Morgan fingerprint density at radius 2 is 1.83 bits per heavy atom. The van der Waals surface area contributed by atoms with Crippen LogP contribution < -0.4 is 10.6 Å². The van der Waals surface area contributed by atoms with Crippen molar-refractivity contribution in [3.8, 4) is 5.75 Å². The van der Waals surface area contributed by atoms with Crippen molar-refractivity contribution in [2.45, 2.75) is 84.0 Å². The quantitative estimate of drug-likeness (QED) is 0.416. The number of rotatable bonds is 10. The summed E-state index contributed by atoms with van der Waals surface area (Å²) in [5.41, 5.74) is -0.362. The van der Waals surface area contributed by atoms with Crippen LogP contribution in [0.1, 0.15) is 71.9 Å². The van der Waals surface area contributed by atoms with E-state index in [1.54, 1.807) is 32.9 Å². The molecule has 0 heterocycles. The summed E-state index contributed by atoms with van der Waals surface area (Å²) >= 11 is 0. The monoisotopic (exact) mass is 505 g/mol. The number of carbonyl (C=O) groups excluding carboxylic acids is 4. The third kappa shape index (κ3) is 8.42. The average molecular weight is 506 g/mol. The van der Waals surface area contributed by atoms with Gasteiger partial charge in [0.2, 0.25) is 11.8 Å². The van der Waals surface area contributed by atoms with Crippen LogP contribution in [0, 0.1) is 5.92 Å². The van der Waals surface area contributed by atoms with E-state index in [1.807, 2.05) is 13.8 Å². The van der Waals surface area contributed by atoms with Crippen LogP contribution in [0.2, 0.25) is 0 Å². The van der Waals surface area contributed by atoms with E-state index in [1.165, 1.54) is 24.1 Å². The van der Waals surface area contributed by atoms with Crippen molar-refractivity contribution in [1.82, 2.24) is 15.5 Å². The molecule has 2 atom stereocenters. The number of alkyl carbamates (subject to hydrolysis) is 1. The third-order valence-corrected chi connectivity index (χ3v) is 5.77. The smallest absolute Gasteiger partial charge is 0.408 e. The second kappa shape index (κ2) is 12.6. The fourth-order valence-corrected chi connectivity index (χ4v) is 3.97. The van der Waals surface area contributed by atoms with Crippen molar-refractivity contribution in [1.29, 1.82) is 0 Å². The van der Waals surface area contributed by atoms with Gasteiger partial charge >= 0.3 is 12.1 Å². The number of methoxy groups -OCH3 is 1. The van der Waals surface area contributed by atoms with Crippen LogP contribution in [-0.4, -0.2) is 65.2 Å². The Morgan fingerprint density at radius 3 is 2.33 bits per heavy atom. The minimum Gasteiger partial charge on any atom is -0.508 e. The van der Waals surface area contributed by atoms with Crippen LogP contribution in [0.4, 0.5) is 4.79 Å². The molecule has 3 N–H and O–H groups in total. The zero-order valence-electron chi connectivity index (χ0n) is 22.0. The number of nitrogens with zero attached hydrogens (tertiary/aromatic N) is 1. The minimum absolute atomic E-state index is 0.0597. The molecule has 1 aromatic carbocycles. The maximum absolute atomic E-state index is 14.0. The van der Waals surface area contributed by atoms with Gasteiger partial charge in [0.15, 0.2) is 0 Å². The van der Waals surface area contributed by atoms with Crippen LogP contribution >= 0.6 is 0 Å². The molecule has 0 spiro atoms. The number of amides is 3. The predicted molar refractivity (Wildman–Crippen MR) is 133 cm³/mol. The van der Waals surface area contributed by atoms with Crippen molar-refractivity contribution >= 4 is 23.9 Å². The molecule has 2 unspecified atom stereocenters. The highest BCUT2D eigenvalue weighted by Crippen LogP contribution is 2.35. The fourth-order valence-electron chi connectivity index (χ4n) is 3.97. The normalized spacial score (nSPS) is 15.3. The molecule has 0 bridgehead atoms. The van der Waals surface area contributed by atoms with E-state index in [-0.39, 0.29) is 24.3 Å². The third-order valence-electron chi connectivity index (χ3n) is 5.77. The molecule has 1 saturated carbocycles. The molecular weight excluding hydrogens is 466 g/mol. The number of hydrogen-bond donors (Lipinski definition) is 3. The van der Waals surface area contributed by atoms with Gasteiger partial charge in [-0.1, -0.05) is 26.0 Å². The first-order valence-corrected chi connectivity index (χ1v) is 12.3. The van der Waals surface area contributed by atoms with E-state index in [4.69, 9.17) is 4.74 Å². The van der Waals surface area contributed by atoms with E-state index in [9.17, 15) is 24.3 Å². The predicted octanol–water partition coefficient (Wildman–Crippen LogP) is 3.04. The molecule has 10 nitrogen and oxygen atoms in total. The number of ether oxygens (including phenoxy) is 2. The van der Waals surface area contributed by atoms with Crippen LogP contribution in [0.25, 0.3) is 0 Å². The Balaban J connectivity index is 2.47. The Hall–Kier alpha value is -3.30. The van der Waals surface area contributed by atoms with Gasteiger partial charge in [0.05, 0.1) is 7.11 Å². The lowest BCUT2D eigenvalue weighted by atomic mass is 9.87. The molecule has 0 aliphatic heterocycles. The lowest BCUT2D eigenvalue weighted by Gasteiger charge is -2.43. The molecule has 0 aromatic heterocycles. The Morgan fingerprint density at radius 1 is 1.17 bits per heavy atom. The van der Waals surface area contributed by atoms with E-state index < -0.39 is 41.6 Å². The standard InChI is InChI=1S/C26H39N3O7/c1-16(2)13-20(28-25(34)36-26(3,4)5)24(33)29(18-10-8-11-18)22(17-9-7-12-19(30)14-17)23(32)27-15-21(31)35-6/h7,9,12,14,16,18,20,22,30H,8,10-11,13,15H2,1-6H3,(H,27,32)(H,28,34). The van der Waals surface area contributed by atoms with E-state index >= 15 is 0 Å². The Labute approximate surface area is 212 Å². The summed E-state index contributed by atoms with van der Waals surface area (Å²) in [6.45, 7) is 8.69. The summed E-state index contributed by atoms with van der Waals surface area (Å²) in [5.74, 6) is -1.66. The van der Waals surface area contributed by atoms with Gasteiger partial charge in [-0.15, -0.1) is 0 Å². The summed E-state index contributed by atoms with van der Waals surface area (Å²) in [4.78, 5) is 53.2.